The van der Waals surface area contributed by atoms with Crippen LogP contribution in [0.5, 0.6) is 5.75 Å². The molecule has 1 heterocycles. The van der Waals surface area contributed by atoms with E-state index in [9.17, 15) is 14.4 Å². The third kappa shape index (κ3) is 5.53. The van der Waals surface area contributed by atoms with Gasteiger partial charge < -0.3 is 9.47 Å². The van der Waals surface area contributed by atoms with E-state index in [1.165, 1.54) is 0 Å². The van der Waals surface area contributed by atoms with E-state index < -0.39 is 23.7 Å². The molecule has 0 unspecified atom stereocenters. The zero-order chi connectivity index (χ0) is 21.7. The molecule has 1 aliphatic heterocycles. The van der Waals surface area contributed by atoms with Crippen molar-refractivity contribution >= 4 is 66.8 Å². The summed E-state index contributed by atoms with van der Waals surface area (Å²) in [6, 6.07) is 13.4. The normalized spacial score (nSPS) is 15.0. The van der Waals surface area contributed by atoms with Crippen molar-refractivity contribution in [3.8, 4) is 5.75 Å². The van der Waals surface area contributed by atoms with Gasteiger partial charge in [0.25, 0.3) is 11.1 Å². The quantitative estimate of drug-likeness (QED) is 0.337. The van der Waals surface area contributed by atoms with E-state index in [0.717, 1.165) is 22.2 Å². The maximum absolute atomic E-state index is 12.5. The monoisotopic (exact) mass is 553 g/mol. The number of rotatable bonds is 7. The van der Waals surface area contributed by atoms with Crippen LogP contribution in [0.4, 0.5) is 4.79 Å². The van der Waals surface area contributed by atoms with E-state index in [2.05, 4.69) is 31.9 Å². The van der Waals surface area contributed by atoms with Crippen LogP contribution in [0.25, 0.3) is 6.08 Å². The first kappa shape index (κ1) is 22.6. The summed E-state index contributed by atoms with van der Waals surface area (Å²) in [5.41, 5.74) is 1.73. The predicted octanol–water partition coefficient (Wildman–Crippen LogP) is 5.39. The van der Waals surface area contributed by atoms with E-state index in [-0.39, 0.29) is 11.5 Å². The molecule has 0 atom stereocenters. The number of halogens is 2. The van der Waals surface area contributed by atoms with Crippen molar-refractivity contribution in [2.45, 2.75) is 13.5 Å². The van der Waals surface area contributed by atoms with Crippen LogP contribution >= 0.6 is 43.6 Å². The topological polar surface area (TPSA) is 72.9 Å². The lowest BCUT2D eigenvalue weighted by molar-refractivity contribution is -0.145. The van der Waals surface area contributed by atoms with Gasteiger partial charge in [-0.2, -0.15) is 0 Å². The molecule has 2 aromatic carbocycles. The standard InChI is InChI=1S/C21H17Br2NO5S/c1-2-28-18(25)11-24-20(26)17(30-21(24)27)10-14-8-15(22)19(16(23)9-14)29-12-13-6-4-3-5-7-13/h3-10H,2,11-12H2,1H3/b17-10+. The fourth-order valence-electron chi connectivity index (χ4n) is 2.65. The Morgan fingerprint density at radius 1 is 1.13 bits per heavy atom. The second-order valence-corrected chi connectivity index (χ2v) is 8.86. The molecule has 2 amide bonds. The van der Waals surface area contributed by atoms with E-state index in [1.54, 1.807) is 25.1 Å². The van der Waals surface area contributed by atoms with Crippen LogP contribution in [0.15, 0.2) is 56.3 Å². The van der Waals surface area contributed by atoms with Gasteiger partial charge in [0.05, 0.1) is 20.5 Å². The summed E-state index contributed by atoms with van der Waals surface area (Å²) in [6.07, 6.45) is 1.60. The number of hydrogen-bond acceptors (Lipinski definition) is 6. The molecule has 0 bridgehead atoms. The zero-order valence-corrected chi connectivity index (χ0v) is 19.9. The number of ether oxygens (including phenoxy) is 2. The first-order chi connectivity index (χ1) is 14.4. The summed E-state index contributed by atoms with van der Waals surface area (Å²) >= 11 is 7.78. The summed E-state index contributed by atoms with van der Waals surface area (Å²) in [7, 11) is 0. The van der Waals surface area contributed by atoms with E-state index in [4.69, 9.17) is 9.47 Å². The molecule has 9 heteroatoms. The van der Waals surface area contributed by atoms with Gasteiger partial charge in [-0.3, -0.25) is 19.3 Å². The lowest BCUT2D eigenvalue weighted by Gasteiger charge is -2.12. The fourth-order valence-corrected chi connectivity index (χ4v) is 4.94. The number of esters is 1. The summed E-state index contributed by atoms with van der Waals surface area (Å²) in [6.45, 7) is 1.86. The first-order valence-electron chi connectivity index (χ1n) is 8.95. The molecule has 156 valence electrons. The molecule has 3 rings (SSSR count). The van der Waals surface area contributed by atoms with E-state index in [1.807, 2.05) is 30.3 Å². The predicted molar refractivity (Wildman–Crippen MR) is 122 cm³/mol. The molecule has 1 saturated heterocycles. The van der Waals surface area contributed by atoms with Crippen LogP contribution in [-0.4, -0.2) is 35.2 Å². The molecular formula is C21H17Br2NO5S. The van der Waals surface area contributed by atoms with E-state index >= 15 is 0 Å². The molecular weight excluding hydrogens is 538 g/mol. The minimum atomic E-state index is -0.619. The van der Waals surface area contributed by atoms with Crippen molar-refractivity contribution in [1.29, 1.82) is 0 Å². The van der Waals surface area contributed by atoms with Crippen LogP contribution in [0.3, 0.4) is 0 Å². The van der Waals surface area contributed by atoms with Crippen molar-refractivity contribution < 1.29 is 23.9 Å². The van der Waals surface area contributed by atoms with E-state index in [0.29, 0.717) is 26.9 Å². The van der Waals surface area contributed by atoms with Crippen LogP contribution in [-0.2, 0) is 20.9 Å². The number of carbonyl (C=O) groups excluding carboxylic acids is 3. The molecule has 0 spiro atoms. The van der Waals surface area contributed by atoms with Crippen molar-refractivity contribution in [2.75, 3.05) is 13.2 Å². The number of carbonyl (C=O) groups is 3. The molecule has 1 fully saturated rings. The molecule has 0 aliphatic carbocycles. The number of imide groups is 1. The third-order valence-electron chi connectivity index (χ3n) is 4.01. The first-order valence-corrected chi connectivity index (χ1v) is 11.4. The lowest BCUT2D eigenvalue weighted by Crippen LogP contribution is -2.34. The van der Waals surface area contributed by atoms with Gasteiger partial charge in [-0.25, -0.2) is 0 Å². The highest BCUT2D eigenvalue weighted by atomic mass is 79.9. The molecule has 1 aliphatic rings. The fraction of sp³-hybridized carbons (Fsp3) is 0.190. The van der Waals surface area contributed by atoms with Gasteiger partial charge in [0.2, 0.25) is 0 Å². The van der Waals surface area contributed by atoms with Crippen LogP contribution in [0.1, 0.15) is 18.1 Å². The number of benzene rings is 2. The third-order valence-corrected chi connectivity index (χ3v) is 6.10. The average Bonchev–Trinajstić information content (AvgIpc) is 2.95. The maximum Gasteiger partial charge on any atom is 0.326 e. The highest BCUT2D eigenvalue weighted by Gasteiger charge is 2.36. The molecule has 30 heavy (non-hydrogen) atoms. The van der Waals surface area contributed by atoms with Gasteiger partial charge in [-0.05, 0) is 79.9 Å². The Kier molecular flexibility index (Phi) is 7.74. The second-order valence-electron chi connectivity index (χ2n) is 6.16. The number of hydrogen-bond donors (Lipinski definition) is 0. The Bertz CT molecular complexity index is 987. The highest BCUT2D eigenvalue weighted by Crippen LogP contribution is 2.38. The Labute approximate surface area is 194 Å². The minimum absolute atomic E-state index is 0.186. The number of thioether (sulfide) groups is 1. The lowest BCUT2D eigenvalue weighted by atomic mass is 10.2. The Hall–Kier alpha value is -2.10. The van der Waals surface area contributed by atoms with Crippen molar-refractivity contribution in [1.82, 2.24) is 4.90 Å². The molecule has 0 N–H and O–H groups in total. The van der Waals surface area contributed by atoms with Gasteiger partial charge in [-0.1, -0.05) is 30.3 Å². The summed E-state index contributed by atoms with van der Waals surface area (Å²) in [5, 5.41) is -0.500. The Morgan fingerprint density at radius 2 is 1.80 bits per heavy atom. The van der Waals surface area contributed by atoms with Crippen LogP contribution in [0.2, 0.25) is 0 Å². The van der Waals surface area contributed by atoms with Crippen molar-refractivity contribution in [3.63, 3.8) is 0 Å². The molecule has 0 aromatic heterocycles. The van der Waals surface area contributed by atoms with Crippen molar-refractivity contribution in [3.05, 3.63) is 67.4 Å². The average molecular weight is 555 g/mol. The minimum Gasteiger partial charge on any atom is -0.487 e. The van der Waals surface area contributed by atoms with Crippen LogP contribution in [0, 0.1) is 0 Å². The SMILES string of the molecule is CCOC(=O)CN1C(=O)S/C(=C/c2cc(Br)c(OCc3ccccc3)c(Br)c2)C1=O. The highest BCUT2D eigenvalue weighted by molar-refractivity contribution is 9.11. The maximum atomic E-state index is 12.5. The molecule has 0 radical (unpaired) electrons. The number of amides is 2. The zero-order valence-electron chi connectivity index (χ0n) is 15.9. The summed E-state index contributed by atoms with van der Waals surface area (Å²) in [5.74, 6) is -0.507. The molecule has 2 aromatic rings. The molecule has 0 saturated carbocycles. The summed E-state index contributed by atoms with van der Waals surface area (Å²) in [4.78, 5) is 37.4. The Morgan fingerprint density at radius 3 is 2.43 bits per heavy atom. The molecule has 6 nitrogen and oxygen atoms in total. The van der Waals surface area contributed by atoms with Gasteiger partial charge >= 0.3 is 5.97 Å². The van der Waals surface area contributed by atoms with Gasteiger partial charge in [0.15, 0.2) is 0 Å². The second kappa shape index (κ2) is 10.3. The van der Waals surface area contributed by atoms with Gasteiger partial charge in [-0.15, -0.1) is 0 Å². The van der Waals surface area contributed by atoms with Crippen molar-refractivity contribution in [2.24, 2.45) is 0 Å². The van der Waals surface area contributed by atoms with Gasteiger partial charge in [0, 0.05) is 0 Å². The smallest absolute Gasteiger partial charge is 0.326 e. The number of nitrogens with zero attached hydrogens (tertiary/aromatic N) is 1. The van der Waals surface area contributed by atoms with Crippen LogP contribution < -0.4 is 4.74 Å². The summed E-state index contributed by atoms with van der Waals surface area (Å²) < 4.78 is 12.1. The largest absolute Gasteiger partial charge is 0.487 e. The Balaban J connectivity index is 1.75. The van der Waals surface area contributed by atoms with Gasteiger partial charge in [0.1, 0.15) is 18.9 Å².